The van der Waals surface area contributed by atoms with E-state index in [9.17, 15) is 9.59 Å². The van der Waals surface area contributed by atoms with Crippen LogP contribution in [0.15, 0.2) is 30.9 Å². The van der Waals surface area contributed by atoms with Crippen molar-refractivity contribution < 1.29 is 14.7 Å². The van der Waals surface area contributed by atoms with Crippen molar-refractivity contribution in [2.45, 2.75) is 6.54 Å². The van der Waals surface area contributed by atoms with Crippen LogP contribution >= 0.6 is 0 Å². The molecular formula is C12H13N5O3. The van der Waals surface area contributed by atoms with Crippen LogP contribution in [0.3, 0.4) is 0 Å². The van der Waals surface area contributed by atoms with Crippen molar-refractivity contribution in [2.75, 3.05) is 11.9 Å². The van der Waals surface area contributed by atoms with Crippen LogP contribution < -0.4 is 11.1 Å². The molecule has 0 bridgehead atoms. The Kier molecular flexibility index (Phi) is 3.94. The molecule has 1 amide bonds. The van der Waals surface area contributed by atoms with Crippen LogP contribution in [0.4, 0.5) is 5.69 Å². The normalized spacial score (nSPS) is 10.2. The van der Waals surface area contributed by atoms with Crippen LogP contribution in [0.5, 0.6) is 0 Å². The average molecular weight is 275 g/mol. The van der Waals surface area contributed by atoms with Crippen molar-refractivity contribution in [2.24, 2.45) is 5.73 Å². The summed E-state index contributed by atoms with van der Waals surface area (Å²) in [4.78, 5) is 29.2. The number of hydrogen-bond acceptors (Lipinski definition) is 5. The van der Waals surface area contributed by atoms with Gasteiger partial charge in [0.1, 0.15) is 5.69 Å². The third-order valence-corrected chi connectivity index (χ3v) is 2.56. The van der Waals surface area contributed by atoms with Gasteiger partial charge in [-0.25, -0.2) is 9.78 Å². The Bertz CT molecular complexity index is 638. The Morgan fingerprint density at radius 2 is 2.15 bits per heavy atom. The summed E-state index contributed by atoms with van der Waals surface area (Å²) in [5.41, 5.74) is 6.04. The molecule has 20 heavy (non-hydrogen) atoms. The first-order valence-electron chi connectivity index (χ1n) is 5.81. The molecule has 2 aromatic heterocycles. The highest BCUT2D eigenvalue weighted by Gasteiger charge is 2.06. The van der Waals surface area contributed by atoms with Crippen molar-refractivity contribution >= 4 is 17.6 Å². The number of hydrogen-bond donors (Lipinski definition) is 3. The highest BCUT2D eigenvalue weighted by Crippen LogP contribution is 2.07. The van der Waals surface area contributed by atoms with E-state index in [4.69, 9.17) is 10.8 Å². The zero-order valence-electron chi connectivity index (χ0n) is 10.5. The number of carbonyl (C=O) groups is 2. The van der Waals surface area contributed by atoms with Crippen molar-refractivity contribution in [1.82, 2.24) is 14.5 Å². The molecule has 104 valence electrons. The molecule has 2 heterocycles. The van der Waals surface area contributed by atoms with Crippen molar-refractivity contribution in [1.29, 1.82) is 0 Å². The second kappa shape index (κ2) is 5.83. The molecule has 0 aliphatic rings. The molecule has 8 heteroatoms. The van der Waals surface area contributed by atoms with Crippen LogP contribution in [0.2, 0.25) is 0 Å². The van der Waals surface area contributed by atoms with Gasteiger partial charge in [-0.05, 0) is 12.1 Å². The molecule has 2 rings (SSSR count). The zero-order chi connectivity index (χ0) is 14.5. The van der Waals surface area contributed by atoms with E-state index < -0.39 is 11.9 Å². The second-order valence-corrected chi connectivity index (χ2v) is 4.02. The third kappa shape index (κ3) is 3.31. The first-order valence-corrected chi connectivity index (χ1v) is 5.81. The maximum Gasteiger partial charge on any atom is 0.356 e. The molecule has 0 aliphatic carbocycles. The smallest absolute Gasteiger partial charge is 0.356 e. The molecule has 0 saturated heterocycles. The van der Waals surface area contributed by atoms with Crippen LogP contribution in [-0.2, 0) is 6.54 Å². The summed E-state index contributed by atoms with van der Waals surface area (Å²) in [5, 5.41) is 11.8. The molecule has 0 fully saturated rings. The molecule has 0 aliphatic heterocycles. The van der Waals surface area contributed by atoms with Gasteiger partial charge < -0.3 is 20.7 Å². The molecule has 2 aromatic rings. The lowest BCUT2D eigenvalue weighted by Gasteiger charge is -2.07. The first-order chi connectivity index (χ1) is 9.56. The van der Waals surface area contributed by atoms with E-state index in [1.54, 1.807) is 16.7 Å². The van der Waals surface area contributed by atoms with Gasteiger partial charge in [-0.15, -0.1) is 0 Å². The number of nitrogens with zero attached hydrogens (tertiary/aromatic N) is 3. The summed E-state index contributed by atoms with van der Waals surface area (Å²) in [6.45, 7) is 1.08. The van der Waals surface area contributed by atoms with Gasteiger partial charge in [-0.3, -0.25) is 9.78 Å². The number of rotatable bonds is 6. The first kappa shape index (κ1) is 13.5. The molecule has 0 radical (unpaired) electrons. The summed E-state index contributed by atoms with van der Waals surface area (Å²) in [6.07, 6.45) is 4.39. The van der Waals surface area contributed by atoms with Crippen molar-refractivity contribution in [3.05, 3.63) is 42.2 Å². The Balaban J connectivity index is 1.90. The van der Waals surface area contributed by atoms with Gasteiger partial charge in [-0.1, -0.05) is 0 Å². The Hall–Kier alpha value is -2.90. The molecule has 8 nitrogen and oxygen atoms in total. The lowest BCUT2D eigenvalue weighted by molar-refractivity contribution is 0.0690. The number of anilines is 1. The lowest BCUT2D eigenvalue weighted by Crippen LogP contribution is -2.14. The zero-order valence-corrected chi connectivity index (χ0v) is 10.5. The summed E-state index contributed by atoms with van der Waals surface area (Å²) >= 11 is 0. The fourth-order valence-electron chi connectivity index (χ4n) is 1.60. The maximum atomic E-state index is 11.0. The number of nitrogens with one attached hydrogen (secondary N) is 1. The van der Waals surface area contributed by atoms with Gasteiger partial charge in [0.15, 0.2) is 5.69 Å². The van der Waals surface area contributed by atoms with E-state index in [0.717, 1.165) is 0 Å². The fourth-order valence-corrected chi connectivity index (χ4v) is 1.60. The number of carboxylic acids is 1. The standard InChI is InChI=1S/C12H13N5O3/c13-11(18)9-5-8(1-2-15-9)14-3-4-17-6-10(12(19)20)16-7-17/h1-2,5-7H,3-4H2,(H2,13,18)(H,14,15)(H,19,20). The summed E-state index contributed by atoms with van der Waals surface area (Å²) in [7, 11) is 0. The molecular weight excluding hydrogens is 262 g/mol. The van der Waals surface area contributed by atoms with Crippen LogP contribution in [0.25, 0.3) is 0 Å². The number of amides is 1. The predicted molar refractivity (Wildman–Crippen MR) is 70.4 cm³/mol. The summed E-state index contributed by atoms with van der Waals surface area (Å²) in [6, 6.07) is 3.27. The minimum Gasteiger partial charge on any atom is -0.476 e. The number of carbonyl (C=O) groups excluding carboxylic acids is 1. The average Bonchev–Trinajstić information content (AvgIpc) is 2.88. The van der Waals surface area contributed by atoms with Gasteiger partial charge in [0, 0.05) is 31.2 Å². The number of aromatic nitrogens is 3. The van der Waals surface area contributed by atoms with E-state index in [0.29, 0.717) is 18.8 Å². The molecule has 0 atom stereocenters. The van der Waals surface area contributed by atoms with E-state index in [1.165, 1.54) is 18.7 Å². The maximum absolute atomic E-state index is 11.0. The number of imidazole rings is 1. The molecule has 0 spiro atoms. The highest BCUT2D eigenvalue weighted by molar-refractivity contribution is 5.91. The minimum absolute atomic E-state index is 0.00456. The van der Waals surface area contributed by atoms with Crippen molar-refractivity contribution in [3.63, 3.8) is 0 Å². The Labute approximate surface area is 114 Å². The van der Waals surface area contributed by atoms with E-state index in [1.807, 2.05) is 0 Å². The quantitative estimate of drug-likeness (QED) is 0.691. The van der Waals surface area contributed by atoms with E-state index in [-0.39, 0.29) is 11.4 Å². The van der Waals surface area contributed by atoms with Crippen LogP contribution in [-0.4, -0.2) is 38.1 Å². The topological polar surface area (TPSA) is 123 Å². The van der Waals surface area contributed by atoms with Crippen molar-refractivity contribution in [3.8, 4) is 0 Å². The molecule has 0 saturated carbocycles. The third-order valence-electron chi connectivity index (χ3n) is 2.56. The van der Waals surface area contributed by atoms with Gasteiger partial charge in [0.05, 0.1) is 6.33 Å². The van der Waals surface area contributed by atoms with Gasteiger partial charge in [0.2, 0.25) is 0 Å². The predicted octanol–water partition coefficient (Wildman–Crippen LogP) is 0.187. The van der Waals surface area contributed by atoms with Gasteiger partial charge in [-0.2, -0.15) is 0 Å². The lowest BCUT2D eigenvalue weighted by atomic mass is 10.3. The monoisotopic (exact) mass is 275 g/mol. The number of primary amides is 1. The van der Waals surface area contributed by atoms with E-state index >= 15 is 0 Å². The SMILES string of the molecule is NC(=O)c1cc(NCCn2cnc(C(=O)O)c2)ccn1. The van der Waals surface area contributed by atoms with E-state index in [2.05, 4.69) is 15.3 Å². The molecule has 4 N–H and O–H groups in total. The van der Waals surface area contributed by atoms with Crippen LogP contribution in [0, 0.1) is 0 Å². The summed E-state index contributed by atoms with van der Waals surface area (Å²) < 4.78 is 1.66. The fraction of sp³-hybridized carbons (Fsp3) is 0.167. The number of nitrogens with two attached hydrogens (primary N) is 1. The van der Waals surface area contributed by atoms with Crippen LogP contribution in [0.1, 0.15) is 21.0 Å². The molecule has 0 unspecified atom stereocenters. The number of aromatic carboxylic acids is 1. The number of pyridine rings is 1. The van der Waals surface area contributed by atoms with Gasteiger partial charge in [0.25, 0.3) is 5.91 Å². The Morgan fingerprint density at radius 1 is 1.35 bits per heavy atom. The largest absolute Gasteiger partial charge is 0.476 e. The Morgan fingerprint density at radius 3 is 2.80 bits per heavy atom. The molecule has 0 aromatic carbocycles. The number of carboxylic acid groups (broad SMARTS) is 1. The van der Waals surface area contributed by atoms with Gasteiger partial charge >= 0.3 is 5.97 Å². The highest BCUT2D eigenvalue weighted by atomic mass is 16.4. The second-order valence-electron chi connectivity index (χ2n) is 4.02. The minimum atomic E-state index is -1.06. The summed E-state index contributed by atoms with van der Waals surface area (Å²) in [5.74, 6) is -1.65.